The Morgan fingerprint density at radius 1 is 1.00 bits per heavy atom. The first-order chi connectivity index (χ1) is 16.8. The van der Waals surface area contributed by atoms with Gasteiger partial charge in [-0.1, -0.05) is 74.2 Å². The molecular weight excluding hydrogens is 444 g/mol. The Balaban J connectivity index is 1.43. The van der Waals surface area contributed by atoms with Crippen LogP contribution in [-0.2, 0) is 14.3 Å². The molecule has 0 unspecified atom stereocenters. The average Bonchev–Trinajstić information content (AvgIpc) is 3.00. The van der Waals surface area contributed by atoms with Crippen LogP contribution in [0.3, 0.4) is 0 Å². The summed E-state index contributed by atoms with van der Waals surface area (Å²) in [6, 6.07) is 15.4. The van der Waals surface area contributed by atoms with E-state index in [0.29, 0.717) is 12.8 Å². The number of ether oxygens (including phenoxy) is 1. The van der Waals surface area contributed by atoms with Gasteiger partial charge in [-0.25, -0.2) is 9.59 Å². The smallest absolute Gasteiger partial charge is 0.407 e. The summed E-state index contributed by atoms with van der Waals surface area (Å²) in [4.78, 5) is 39.0. The normalized spacial score (nSPS) is 17.4. The van der Waals surface area contributed by atoms with Crippen molar-refractivity contribution in [3.63, 3.8) is 0 Å². The first-order valence-electron chi connectivity index (χ1n) is 12.4. The molecule has 4 rings (SSSR count). The molecule has 2 aliphatic rings. The van der Waals surface area contributed by atoms with Crippen LogP contribution in [0, 0.1) is 5.41 Å². The zero-order valence-electron chi connectivity index (χ0n) is 20.5. The molecule has 1 atom stereocenters. The van der Waals surface area contributed by atoms with Crippen LogP contribution in [0.5, 0.6) is 0 Å². The predicted octanol–water partition coefficient (Wildman–Crippen LogP) is 4.80. The molecular formula is C28H34N2O5. The Morgan fingerprint density at radius 2 is 1.54 bits per heavy atom. The molecule has 2 N–H and O–H groups in total. The van der Waals surface area contributed by atoms with Crippen LogP contribution < -0.4 is 5.32 Å². The molecule has 0 bridgehead atoms. The van der Waals surface area contributed by atoms with Crippen LogP contribution in [0.25, 0.3) is 11.1 Å². The number of carbonyl (C=O) groups excluding carboxylic acids is 2. The van der Waals surface area contributed by atoms with E-state index in [1.807, 2.05) is 24.3 Å². The number of rotatable bonds is 7. The minimum atomic E-state index is -1.05. The van der Waals surface area contributed by atoms with Crippen molar-refractivity contribution in [1.82, 2.24) is 10.2 Å². The van der Waals surface area contributed by atoms with Crippen molar-refractivity contribution in [3.8, 4) is 11.1 Å². The van der Waals surface area contributed by atoms with Gasteiger partial charge in [0.15, 0.2) is 0 Å². The first-order valence-corrected chi connectivity index (χ1v) is 12.4. The number of likely N-dealkylation sites (N-methyl/N-ethyl adjacent to an activating group) is 1. The third kappa shape index (κ3) is 5.04. The number of fused-ring (bicyclic) bond motifs is 3. The minimum absolute atomic E-state index is 0.0378. The monoisotopic (exact) mass is 478 g/mol. The molecule has 0 spiro atoms. The number of alkyl carbamates (subject to hydrolysis) is 1. The van der Waals surface area contributed by atoms with Crippen molar-refractivity contribution in [2.75, 3.05) is 20.2 Å². The highest BCUT2D eigenvalue weighted by Gasteiger charge is 2.42. The summed E-state index contributed by atoms with van der Waals surface area (Å²) in [6.07, 6.45) is 4.47. The highest BCUT2D eigenvalue weighted by atomic mass is 16.5. The summed E-state index contributed by atoms with van der Waals surface area (Å²) in [5.41, 5.74) is 3.79. The van der Waals surface area contributed by atoms with Gasteiger partial charge in [-0.15, -0.1) is 0 Å². The summed E-state index contributed by atoms with van der Waals surface area (Å²) in [5.74, 6) is -1.31. The molecule has 0 aliphatic heterocycles. The van der Waals surface area contributed by atoms with Gasteiger partial charge in [-0.3, -0.25) is 4.79 Å². The second-order valence-electron chi connectivity index (χ2n) is 9.80. The molecule has 1 saturated carbocycles. The van der Waals surface area contributed by atoms with Crippen LogP contribution in [0.15, 0.2) is 48.5 Å². The molecule has 2 aromatic rings. The molecule has 7 heteroatoms. The number of carboxylic acids is 1. The van der Waals surface area contributed by atoms with E-state index >= 15 is 0 Å². The molecule has 186 valence electrons. The number of carboxylic acid groups (broad SMARTS) is 1. The van der Waals surface area contributed by atoms with Crippen molar-refractivity contribution in [3.05, 3.63) is 59.7 Å². The summed E-state index contributed by atoms with van der Waals surface area (Å²) < 4.78 is 5.66. The lowest BCUT2D eigenvalue weighted by molar-refractivity contribution is -0.153. The molecule has 0 aromatic heterocycles. The van der Waals surface area contributed by atoms with Crippen molar-refractivity contribution in [2.45, 2.75) is 57.4 Å². The lowest BCUT2D eigenvalue weighted by atomic mass is 9.78. The van der Waals surface area contributed by atoms with Crippen LogP contribution in [0.2, 0.25) is 0 Å². The molecule has 2 amide bonds. The SMILES string of the molecule is C[C@@H](C(=O)O)N(C)C(=O)C1(CNC(=O)OCC2c3ccccc3-c3ccccc32)CCCCCC1. The van der Waals surface area contributed by atoms with Crippen LogP contribution in [0.4, 0.5) is 4.79 Å². The van der Waals surface area contributed by atoms with Gasteiger partial charge >= 0.3 is 12.1 Å². The van der Waals surface area contributed by atoms with E-state index in [9.17, 15) is 19.5 Å². The molecule has 0 heterocycles. The maximum Gasteiger partial charge on any atom is 0.407 e. The summed E-state index contributed by atoms with van der Waals surface area (Å²) >= 11 is 0. The zero-order valence-corrected chi connectivity index (χ0v) is 20.5. The lowest BCUT2D eigenvalue weighted by Crippen LogP contribution is -2.52. The summed E-state index contributed by atoms with van der Waals surface area (Å²) in [5, 5.41) is 12.2. The second kappa shape index (κ2) is 10.5. The van der Waals surface area contributed by atoms with Crippen molar-refractivity contribution < 1.29 is 24.2 Å². The van der Waals surface area contributed by atoms with Gasteiger partial charge in [0.25, 0.3) is 0 Å². The molecule has 2 aromatic carbocycles. The number of nitrogens with zero attached hydrogens (tertiary/aromatic N) is 1. The number of aliphatic carboxylic acids is 1. The van der Waals surface area contributed by atoms with Crippen molar-refractivity contribution >= 4 is 18.0 Å². The molecule has 7 nitrogen and oxygen atoms in total. The number of amides is 2. The van der Waals surface area contributed by atoms with Gasteiger partial charge in [0, 0.05) is 19.5 Å². The zero-order chi connectivity index (χ0) is 25.0. The number of hydrogen-bond donors (Lipinski definition) is 2. The second-order valence-corrected chi connectivity index (χ2v) is 9.80. The average molecular weight is 479 g/mol. The van der Waals surface area contributed by atoms with E-state index in [0.717, 1.165) is 47.9 Å². The quantitative estimate of drug-likeness (QED) is 0.558. The highest BCUT2D eigenvalue weighted by molar-refractivity contribution is 5.88. The highest BCUT2D eigenvalue weighted by Crippen LogP contribution is 2.44. The summed E-state index contributed by atoms with van der Waals surface area (Å²) in [6.45, 7) is 1.85. The standard InChI is InChI=1S/C28H34N2O5/c1-19(25(31)32)30(2)26(33)28(15-9-3-4-10-16-28)18-29-27(34)35-17-24-22-13-7-5-11-20(22)21-12-6-8-14-23(21)24/h5-8,11-14,19,24H,3-4,9-10,15-18H2,1-2H3,(H,29,34)(H,31,32)/t19-/m0/s1. The third-order valence-corrected chi connectivity index (χ3v) is 7.69. The van der Waals surface area contributed by atoms with E-state index in [-0.39, 0.29) is 25.0 Å². The molecule has 0 saturated heterocycles. The molecule has 35 heavy (non-hydrogen) atoms. The molecule has 2 aliphatic carbocycles. The Bertz CT molecular complexity index is 1040. The number of carbonyl (C=O) groups is 3. The number of hydrogen-bond acceptors (Lipinski definition) is 4. The summed E-state index contributed by atoms with van der Waals surface area (Å²) in [7, 11) is 1.53. The molecule has 1 fully saturated rings. The van der Waals surface area contributed by atoms with E-state index in [1.165, 1.54) is 18.9 Å². The fraction of sp³-hybridized carbons (Fsp3) is 0.464. The fourth-order valence-corrected chi connectivity index (χ4v) is 5.48. The van der Waals surface area contributed by atoms with E-state index in [1.54, 1.807) is 0 Å². The van der Waals surface area contributed by atoms with Gasteiger partial charge in [0.2, 0.25) is 5.91 Å². The Labute approximate surface area is 206 Å². The van der Waals surface area contributed by atoms with E-state index < -0.39 is 23.5 Å². The lowest BCUT2D eigenvalue weighted by Gasteiger charge is -2.36. The minimum Gasteiger partial charge on any atom is -0.480 e. The fourth-order valence-electron chi connectivity index (χ4n) is 5.48. The molecule has 0 radical (unpaired) electrons. The Hall–Kier alpha value is -3.35. The van der Waals surface area contributed by atoms with Gasteiger partial charge < -0.3 is 20.1 Å². The van der Waals surface area contributed by atoms with Crippen molar-refractivity contribution in [1.29, 1.82) is 0 Å². The van der Waals surface area contributed by atoms with E-state index in [2.05, 4.69) is 29.6 Å². The van der Waals surface area contributed by atoms with Crippen LogP contribution in [-0.4, -0.2) is 54.2 Å². The number of nitrogens with one attached hydrogen (secondary N) is 1. The number of benzene rings is 2. The van der Waals surface area contributed by atoms with Crippen molar-refractivity contribution in [2.24, 2.45) is 5.41 Å². The van der Waals surface area contributed by atoms with Crippen LogP contribution in [0.1, 0.15) is 62.5 Å². The maximum atomic E-state index is 13.4. The predicted molar refractivity (Wildman–Crippen MR) is 133 cm³/mol. The van der Waals surface area contributed by atoms with Gasteiger partial charge in [0.05, 0.1) is 5.41 Å². The van der Waals surface area contributed by atoms with Crippen LogP contribution >= 0.6 is 0 Å². The maximum absolute atomic E-state index is 13.4. The topological polar surface area (TPSA) is 95.9 Å². The van der Waals surface area contributed by atoms with Gasteiger partial charge in [0.1, 0.15) is 12.6 Å². The first kappa shape index (κ1) is 24.8. The third-order valence-electron chi connectivity index (χ3n) is 7.69. The Kier molecular flexibility index (Phi) is 7.43. The largest absolute Gasteiger partial charge is 0.480 e. The van der Waals surface area contributed by atoms with Gasteiger partial charge in [-0.2, -0.15) is 0 Å². The van der Waals surface area contributed by atoms with Gasteiger partial charge in [-0.05, 0) is 42.0 Å². The van der Waals surface area contributed by atoms with E-state index in [4.69, 9.17) is 4.74 Å². The Morgan fingerprint density at radius 3 is 2.09 bits per heavy atom.